The Balaban J connectivity index is 1.07. The third-order valence-corrected chi connectivity index (χ3v) is 13.2. The summed E-state index contributed by atoms with van der Waals surface area (Å²) in [6, 6.07) is 6.57. The molecule has 13 nitrogen and oxygen atoms in total. The third kappa shape index (κ3) is 7.09. The number of carbonyl (C=O) groups is 3. The number of hydrogen-bond donors (Lipinski definition) is 2. The number of rotatable bonds is 7. The van der Waals surface area contributed by atoms with E-state index in [1.165, 1.54) is 12.5 Å². The van der Waals surface area contributed by atoms with Gasteiger partial charge in [0.1, 0.15) is 35.7 Å². The maximum absolute atomic E-state index is 15.5. The summed E-state index contributed by atoms with van der Waals surface area (Å²) in [4.78, 5) is 57.1. The van der Waals surface area contributed by atoms with E-state index in [1.807, 2.05) is 19.1 Å². The summed E-state index contributed by atoms with van der Waals surface area (Å²) in [5.41, 5.74) is 1.49. The number of anilines is 2. The molecule has 0 radical (unpaired) electrons. The van der Waals surface area contributed by atoms with Gasteiger partial charge in [-0.25, -0.2) is 18.4 Å². The first-order valence-electron chi connectivity index (χ1n) is 20.9. The fourth-order valence-corrected chi connectivity index (χ4v) is 10.3. The van der Waals surface area contributed by atoms with E-state index in [2.05, 4.69) is 25.3 Å². The number of likely N-dealkylation sites (tertiary alicyclic amines) is 1. The zero-order valence-electron chi connectivity index (χ0n) is 32.7. The molecule has 0 saturated carbocycles. The highest BCUT2D eigenvalue weighted by molar-refractivity contribution is 6.07. The summed E-state index contributed by atoms with van der Waals surface area (Å²) < 4.78 is 42.8. The molecule has 6 aliphatic heterocycles. The molecule has 1 spiro atoms. The van der Waals surface area contributed by atoms with E-state index in [4.69, 9.17) is 19.4 Å². The normalized spacial score (nSPS) is 26.6. The van der Waals surface area contributed by atoms with Crippen LogP contribution in [0.25, 0.3) is 10.8 Å². The van der Waals surface area contributed by atoms with Crippen molar-refractivity contribution in [2.45, 2.75) is 108 Å². The molecule has 4 amide bonds. The number of alkyl halides is 1. The number of aromatic nitrogens is 2. The number of hydrogen-bond acceptors (Lipinski definition) is 10. The molecule has 2 N–H and O–H groups in total. The standard InChI is InChI=1S/C42H52F2N8O5/c1-2-30-32(44)11-10-27-20-29(57-40(55)49-15-6-4-3-5-7-16-49)21-34(35(27)30)50-19-12-31-33(24-50)45-39(56-26-41-13-8-18-52(41)23-28(43)22-41)46-36(31)51-17-9-14-42(25-51)37(53)47-38(54)48-42/h10-11,20-21,28H,2-9,12-19,22-26H2,1H3,(H2,47,48,53,54)/t28-,41+,42-/m1/s1. The molecule has 0 bridgehead atoms. The van der Waals surface area contributed by atoms with Gasteiger partial charge in [0, 0.05) is 61.8 Å². The zero-order chi connectivity index (χ0) is 39.3. The number of fused-ring (bicyclic) bond motifs is 3. The molecule has 15 heteroatoms. The van der Waals surface area contributed by atoms with Crippen LogP contribution in [0.5, 0.6) is 11.8 Å². The van der Waals surface area contributed by atoms with Crippen molar-refractivity contribution >= 4 is 40.3 Å². The molecular formula is C42H52F2N8O5. The smallest absolute Gasteiger partial charge is 0.415 e. The van der Waals surface area contributed by atoms with Crippen LogP contribution < -0.4 is 29.9 Å². The Morgan fingerprint density at radius 1 is 0.965 bits per heavy atom. The number of urea groups is 1. The summed E-state index contributed by atoms with van der Waals surface area (Å²) in [5.74, 6) is 0.413. The van der Waals surface area contributed by atoms with Crippen molar-refractivity contribution < 1.29 is 32.6 Å². The highest BCUT2D eigenvalue weighted by Crippen LogP contribution is 2.42. The van der Waals surface area contributed by atoms with Gasteiger partial charge in [-0.2, -0.15) is 9.97 Å². The minimum absolute atomic E-state index is 0.176. The average Bonchev–Trinajstić information content (AvgIpc) is 3.80. The van der Waals surface area contributed by atoms with Crippen molar-refractivity contribution in [3.63, 3.8) is 0 Å². The Hall–Kier alpha value is -4.79. The number of benzene rings is 2. The van der Waals surface area contributed by atoms with E-state index in [0.29, 0.717) is 88.5 Å². The lowest BCUT2D eigenvalue weighted by Gasteiger charge is -2.40. The minimum atomic E-state index is -1.07. The Kier molecular flexibility index (Phi) is 10.1. The van der Waals surface area contributed by atoms with E-state index >= 15 is 4.39 Å². The summed E-state index contributed by atoms with van der Waals surface area (Å²) in [6.07, 6.45) is 8.35. The number of piperidine rings is 1. The molecule has 304 valence electrons. The monoisotopic (exact) mass is 786 g/mol. The number of carbonyl (C=O) groups excluding carboxylic acids is 3. The third-order valence-electron chi connectivity index (χ3n) is 13.2. The summed E-state index contributed by atoms with van der Waals surface area (Å²) >= 11 is 0. The largest absolute Gasteiger partial charge is 0.461 e. The van der Waals surface area contributed by atoms with Gasteiger partial charge in [0.2, 0.25) is 0 Å². The Labute approximate surface area is 331 Å². The van der Waals surface area contributed by atoms with Crippen molar-refractivity contribution in [3.8, 4) is 11.8 Å². The summed E-state index contributed by atoms with van der Waals surface area (Å²) in [6.45, 7) is 6.47. The maximum Gasteiger partial charge on any atom is 0.415 e. The van der Waals surface area contributed by atoms with Crippen LogP contribution in [-0.4, -0.2) is 107 Å². The molecule has 5 fully saturated rings. The van der Waals surface area contributed by atoms with E-state index in [0.717, 1.165) is 72.8 Å². The van der Waals surface area contributed by atoms with Crippen LogP contribution in [0.1, 0.15) is 88.0 Å². The van der Waals surface area contributed by atoms with Crippen LogP contribution >= 0.6 is 0 Å². The molecule has 3 atom stereocenters. The quantitative estimate of drug-likeness (QED) is 0.284. The van der Waals surface area contributed by atoms with Crippen LogP contribution in [0.3, 0.4) is 0 Å². The van der Waals surface area contributed by atoms with Crippen molar-refractivity contribution in [1.82, 2.24) is 30.4 Å². The molecule has 0 unspecified atom stereocenters. The predicted molar refractivity (Wildman–Crippen MR) is 210 cm³/mol. The Morgan fingerprint density at radius 3 is 2.56 bits per heavy atom. The van der Waals surface area contributed by atoms with Gasteiger partial charge in [0.15, 0.2) is 0 Å². The van der Waals surface area contributed by atoms with Gasteiger partial charge in [-0.3, -0.25) is 15.0 Å². The number of amides is 4. The highest BCUT2D eigenvalue weighted by Gasteiger charge is 2.51. The Bertz CT molecular complexity index is 2080. The van der Waals surface area contributed by atoms with Gasteiger partial charge >= 0.3 is 18.1 Å². The van der Waals surface area contributed by atoms with Crippen LogP contribution in [0, 0.1) is 5.82 Å². The summed E-state index contributed by atoms with van der Waals surface area (Å²) in [5, 5.41) is 6.83. The lowest BCUT2D eigenvalue weighted by Crippen LogP contribution is -2.59. The van der Waals surface area contributed by atoms with Crippen LogP contribution in [0.2, 0.25) is 0 Å². The van der Waals surface area contributed by atoms with Crippen LogP contribution in [-0.2, 0) is 24.2 Å². The van der Waals surface area contributed by atoms with Crippen molar-refractivity contribution in [2.24, 2.45) is 0 Å². The maximum atomic E-state index is 15.5. The molecule has 9 rings (SSSR count). The fraction of sp³-hybridized carbons (Fsp3) is 0.595. The zero-order valence-corrected chi connectivity index (χ0v) is 32.7. The topological polar surface area (TPSA) is 132 Å². The number of imide groups is 1. The number of nitrogens with one attached hydrogen (secondary N) is 2. The average molecular weight is 787 g/mol. The van der Waals surface area contributed by atoms with E-state index in [1.54, 1.807) is 11.0 Å². The Morgan fingerprint density at radius 2 is 1.77 bits per heavy atom. The molecule has 6 aliphatic rings. The second-order valence-corrected chi connectivity index (χ2v) is 16.8. The molecule has 57 heavy (non-hydrogen) atoms. The molecule has 1 aromatic heterocycles. The van der Waals surface area contributed by atoms with Gasteiger partial charge < -0.3 is 29.5 Å². The molecule has 3 aromatic rings. The first-order valence-corrected chi connectivity index (χ1v) is 20.9. The first-order chi connectivity index (χ1) is 27.6. The molecule has 5 saturated heterocycles. The number of nitrogens with zero attached hydrogens (tertiary/aromatic N) is 6. The van der Waals surface area contributed by atoms with Crippen molar-refractivity contribution in [1.29, 1.82) is 0 Å². The van der Waals surface area contributed by atoms with E-state index < -0.39 is 23.3 Å². The number of halogens is 2. The lowest BCUT2D eigenvalue weighted by molar-refractivity contribution is -0.124. The van der Waals surface area contributed by atoms with Crippen LogP contribution in [0.15, 0.2) is 24.3 Å². The van der Waals surface area contributed by atoms with Gasteiger partial charge in [0.05, 0.1) is 24.3 Å². The van der Waals surface area contributed by atoms with E-state index in [-0.39, 0.29) is 37.0 Å². The van der Waals surface area contributed by atoms with Crippen molar-refractivity contribution in [2.75, 3.05) is 62.2 Å². The number of ether oxygens (including phenoxy) is 2. The lowest BCUT2D eigenvalue weighted by atomic mass is 9.88. The molecular weight excluding hydrogens is 735 g/mol. The first kappa shape index (κ1) is 37.8. The second kappa shape index (κ2) is 15.2. The minimum Gasteiger partial charge on any atom is -0.461 e. The fourth-order valence-electron chi connectivity index (χ4n) is 10.3. The van der Waals surface area contributed by atoms with Gasteiger partial charge in [-0.15, -0.1) is 0 Å². The number of aryl methyl sites for hydroxylation is 1. The predicted octanol–water partition coefficient (Wildman–Crippen LogP) is 5.79. The SMILES string of the molecule is CCc1c(F)ccc2cc(OC(=O)N3CCCCCCC3)cc(N3CCc4c(nc(OC[C@@]56CCCN5C[C@H](F)C6)nc4N4CCC[C@]5(C4)NC(=O)NC5=O)C3)c12. The van der Waals surface area contributed by atoms with Crippen molar-refractivity contribution in [3.05, 3.63) is 46.9 Å². The second-order valence-electron chi connectivity index (χ2n) is 16.8. The highest BCUT2D eigenvalue weighted by atomic mass is 19.1. The van der Waals surface area contributed by atoms with Gasteiger partial charge in [-0.1, -0.05) is 32.3 Å². The van der Waals surface area contributed by atoms with Gasteiger partial charge in [-0.05, 0) is 81.0 Å². The van der Waals surface area contributed by atoms with Crippen LogP contribution in [0.4, 0.5) is 29.9 Å². The van der Waals surface area contributed by atoms with Gasteiger partial charge in [0.25, 0.3) is 5.91 Å². The summed E-state index contributed by atoms with van der Waals surface area (Å²) in [7, 11) is 0. The molecule has 7 heterocycles. The van der Waals surface area contributed by atoms with E-state index in [9.17, 15) is 18.8 Å². The molecule has 2 aromatic carbocycles. The molecule has 0 aliphatic carbocycles.